The first-order valence-electron chi connectivity index (χ1n) is 4.28. The van der Waals surface area contributed by atoms with Crippen molar-refractivity contribution in [2.24, 2.45) is 0 Å². The lowest BCUT2D eigenvalue weighted by molar-refractivity contribution is -0.216. The maximum Gasteiger partial charge on any atom is 0.416 e. The SMILES string of the molecule is CCC(C)(OC(=O)C=[N+]=[N-])OC(=O)C=[N+]=[N-]. The van der Waals surface area contributed by atoms with Gasteiger partial charge >= 0.3 is 24.4 Å². The number of rotatable bonds is 5. The molecule has 16 heavy (non-hydrogen) atoms. The second-order valence-corrected chi connectivity index (χ2v) is 2.82. The predicted octanol–water partition coefficient (Wildman–Crippen LogP) is -0.200. The molecule has 0 heterocycles. The number of esters is 2. The van der Waals surface area contributed by atoms with Crippen LogP contribution >= 0.6 is 0 Å². The van der Waals surface area contributed by atoms with Gasteiger partial charge in [-0.15, -0.1) is 0 Å². The molecule has 0 saturated carbocycles. The molecular formula is C8H10N4O4. The Morgan fingerprint density at radius 1 is 1.19 bits per heavy atom. The normalized spacial score (nSPS) is 12.4. The van der Waals surface area contributed by atoms with Crippen molar-refractivity contribution < 1.29 is 28.6 Å². The van der Waals surface area contributed by atoms with E-state index in [1.165, 1.54) is 6.92 Å². The summed E-state index contributed by atoms with van der Waals surface area (Å²) in [6.07, 6.45) is 1.20. The molecule has 86 valence electrons. The zero-order valence-electron chi connectivity index (χ0n) is 8.78. The lowest BCUT2D eigenvalue weighted by Gasteiger charge is -2.24. The number of hydrogen-bond acceptors (Lipinski definition) is 4. The van der Waals surface area contributed by atoms with Crippen molar-refractivity contribution in [3.63, 3.8) is 0 Å². The average Bonchev–Trinajstić information content (AvgIpc) is 2.17. The molecule has 0 aromatic heterocycles. The van der Waals surface area contributed by atoms with E-state index in [1.54, 1.807) is 6.92 Å². The highest BCUT2D eigenvalue weighted by Crippen LogP contribution is 2.16. The minimum absolute atomic E-state index is 0.170. The first-order chi connectivity index (χ1) is 7.47. The van der Waals surface area contributed by atoms with Crippen LogP contribution in [0.15, 0.2) is 0 Å². The van der Waals surface area contributed by atoms with Gasteiger partial charge in [0.25, 0.3) is 5.79 Å². The Hall–Kier alpha value is -2.30. The molecule has 0 saturated heterocycles. The Morgan fingerprint density at radius 2 is 1.56 bits per heavy atom. The van der Waals surface area contributed by atoms with Crippen LogP contribution in [0.25, 0.3) is 11.1 Å². The maximum absolute atomic E-state index is 11.0. The molecule has 0 bridgehead atoms. The minimum atomic E-state index is -1.52. The summed E-state index contributed by atoms with van der Waals surface area (Å²) in [5.74, 6) is -3.46. The molecule has 0 aromatic rings. The van der Waals surface area contributed by atoms with Crippen LogP contribution in [-0.4, -0.2) is 39.7 Å². The number of carbonyl (C=O) groups is 2. The Labute approximate surface area is 91.0 Å². The largest absolute Gasteiger partial charge is 0.416 e. The summed E-state index contributed by atoms with van der Waals surface area (Å²) in [6, 6.07) is 0. The fourth-order valence-corrected chi connectivity index (χ4v) is 0.738. The standard InChI is InChI=1S/C8H10N4O4/c1-3-8(2,15-6(13)4-11-9)16-7(14)5-12-10/h4-5H,3H2,1-2H3. The lowest BCUT2D eigenvalue weighted by Crippen LogP contribution is -2.37. The predicted molar refractivity (Wildman–Crippen MR) is 50.2 cm³/mol. The van der Waals surface area contributed by atoms with E-state index in [2.05, 4.69) is 9.58 Å². The smallest absolute Gasteiger partial charge is 0.414 e. The summed E-state index contributed by atoms with van der Waals surface area (Å²) in [4.78, 5) is 26.8. The van der Waals surface area contributed by atoms with Gasteiger partial charge in [-0.25, -0.2) is 9.59 Å². The monoisotopic (exact) mass is 226 g/mol. The molecule has 0 aliphatic rings. The summed E-state index contributed by atoms with van der Waals surface area (Å²) in [7, 11) is 0. The highest BCUT2D eigenvalue weighted by molar-refractivity contribution is 6.21. The number of carbonyl (C=O) groups excluding carboxylic acids is 2. The fourth-order valence-electron chi connectivity index (χ4n) is 0.738. The lowest BCUT2D eigenvalue weighted by atomic mass is 10.2. The molecule has 0 aromatic carbocycles. The van der Waals surface area contributed by atoms with Crippen molar-refractivity contribution >= 4 is 24.4 Å². The molecule has 0 spiro atoms. The van der Waals surface area contributed by atoms with E-state index >= 15 is 0 Å². The van der Waals surface area contributed by atoms with E-state index in [0.717, 1.165) is 0 Å². The first kappa shape index (κ1) is 13.7. The van der Waals surface area contributed by atoms with Crippen molar-refractivity contribution in [1.82, 2.24) is 0 Å². The number of hydrogen-bond donors (Lipinski definition) is 0. The van der Waals surface area contributed by atoms with Gasteiger partial charge < -0.3 is 20.5 Å². The van der Waals surface area contributed by atoms with Crippen LogP contribution in [0.4, 0.5) is 0 Å². The summed E-state index contributed by atoms with van der Waals surface area (Å²) < 4.78 is 9.42. The van der Waals surface area contributed by atoms with Gasteiger partial charge in [0.2, 0.25) is 0 Å². The number of ether oxygens (including phenoxy) is 2. The summed E-state index contributed by atoms with van der Waals surface area (Å²) in [5.41, 5.74) is 16.2. The van der Waals surface area contributed by atoms with Gasteiger partial charge in [0, 0.05) is 13.3 Å². The molecule has 0 radical (unpaired) electrons. The van der Waals surface area contributed by atoms with E-state index in [9.17, 15) is 9.59 Å². The third-order valence-corrected chi connectivity index (χ3v) is 1.60. The zero-order valence-corrected chi connectivity index (χ0v) is 8.78. The highest BCUT2D eigenvalue weighted by atomic mass is 16.7. The van der Waals surface area contributed by atoms with Crippen LogP contribution < -0.4 is 0 Å². The van der Waals surface area contributed by atoms with E-state index in [-0.39, 0.29) is 6.42 Å². The Balaban J connectivity index is 4.65. The third-order valence-electron chi connectivity index (χ3n) is 1.60. The molecule has 0 unspecified atom stereocenters. The van der Waals surface area contributed by atoms with Crippen LogP contribution in [-0.2, 0) is 19.1 Å². The maximum atomic E-state index is 11.0. The van der Waals surface area contributed by atoms with Gasteiger partial charge in [-0.1, -0.05) is 6.92 Å². The third kappa shape index (κ3) is 4.80. The van der Waals surface area contributed by atoms with Gasteiger partial charge in [-0.05, 0) is 0 Å². The quantitative estimate of drug-likeness (QED) is 0.211. The number of nitrogens with zero attached hydrogens (tertiary/aromatic N) is 4. The van der Waals surface area contributed by atoms with Crippen LogP contribution in [0.1, 0.15) is 20.3 Å². The minimum Gasteiger partial charge on any atom is -0.414 e. The fraction of sp³-hybridized carbons (Fsp3) is 0.500. The summed E-state index contributed by atoms with van der Waals surface area (Å²) in [6.45, 7) is 2.94. The van der Waals surface area contributed by atoms with Gasteiger partial charge in [0.05, 0.1) is 0 Å². The molecule has 8 heteroatoms. The van der Waals surface area contributed by atoms with Crippen molar-refractivity contribution in [1.29, 1.82) is 0 Å². The van der Waals surface area contributed by atoms with E-state index < -0.39 is 17.7 Å². The second-order valence-electron chi connectivity index (χ2n) is 2.82. The first-order valence-corrected chi connectivity index (χ1v) is 4.28. The molecule has 0 aliphatic heterocycles. The summed E-state index contributed by atoms with van der Waals surface area (Å²) >= 11 is 0. The molecule has 0 aliphatic carbocycles. The van der Waals surface area contributed by atoms with E-state index in [4.69, 9.17) is 20.5 Å². The average molecular weight is 226 g/mol. The topological polar surface area (TPSA) is 125 Å². The second kappa shape index (κ2) is 6.23. The van der Waals surface area contributed by atoms with Gasteiger partial charge in [-0.3, -0.25) is 0 Å². The summed E-state index contributed by atoms with van der Waals surface area (Å²) in [5, 5.41) is 0. The van der Waals surface area contributed by atoms with Gasteiger partial charge in [-0.2, -0.15) is 9.58 Å². The molecule has 0 N–H and O–H groups in total. The highest BCUT2D eigenvalue weighted by Gasteiger charge is 2.32. The Morgan fingerprint density at radius 3 is 1.81 bits per heavy atom. The van der Waals surface area contributed by atoms with Crippen LogP contribution in [0.2, 0.25) is 0 Å². The van der Waals surface area contributed by atoms with Gasteiger partial charge in [0.1, 0.15) is 0 Å². The van der Waals surface area contributed by atoms with Crippen molar-refractivity contribution in [2.75, 3.05) is 0 Å². The van der Waals surface area contributed by atoms with Crippen LogP contribution in [0.5, 0.6) is 0 Å². The zero-order chi connectivity index (χ0) is 12.6. The molecule has 0 fully saturated rings. The Kier molecular flexibility index (Phi) is 5.34. The van der Waals surface area contributed by atoms with Gasteiger partial charge in [0.15, 0.2) is 0 Å². The van der Waals surface area contributed by atoms with E-state index in [0.29, 0.717) is 12.4 Å². The van der Waals surface area contributed by atoms with E-state index in [1.807, 2.05) is 0 Å². The molecule has 0 atom stereocenters. The van der Waals surface area contributed by atoms with Crippen molar-refractivity contribution in [3.05, 3.63) is 11.1 Å². The molecule has 0 amide bonds. The van der Waals surface area contributed by atoms with Crippen molar-refractivity contribution in [3.8, 4) is 0 Å². The molecular weight excluding hydrogens is 216 g/mol. The molecule has 0 rings (SSSR count). The van der Waals surface area contributed by atoms with Crippen molar-refractivity contribution in [2.45, 2.75) is 26.1 Å². The van der Waals surface area contributed by atoms with Crippen LogP contribution in [0.3, 0.4) is 0 Å². The molecule has 8 nitrogen and oxygen atoms in total. The van der Waals surface area contributed by atoms with Crippen LogP contribution in [0, 0.1) is 0 Å². The Bertz CT molecular complexity index is 347.